The highest BCUT2D eigenvalue weighted by molar-refractivity contribution is 5.43. The zero-order chi connectivity index (χ0) is 18.6. The van der Waals surface area contributed by atoms with Gasteiger partial charge in [0.15, 0.2) is 0 Å². The van der Waals surface area contributed by atoms with E-state index in [9.17, 15) is 4.79 Å². The molecule has 0 saturated carbocycles. The average molecular weight is 356 g/mol. The van der Waals surface area contributed by atoms with E-state index in [-0.39, 0.29) is 6.10 Å². The Hall–Kier alpha value is -0.570. The topological polar surface area (TPSA) is 38.3 Å². The van der Waals surface area contributed by atoms with Gasteiger partial charge in [0.1, 0.15) is 0 Å². The van der Waals surface area contributed by atoms with Gasteiger partial charge in [-0.2, -0.15) is 0 Å². The molecule has 0 aliphatic carbocycles. The van der Waals surface area contributed by atoms with Gasteiger partial charge in [-0.15, -0.1) is 0 Å². The van der Waals surface area contributed by atoms with Crippen LogP contribution < -0.4 is 5.48 Å². The van der Waals surface area contributed by atoms with Gasteiger partial charge in [0.05, 0.1) is 6.10 Å². The molecule has 0 bridgehead atoms. The second-order valence-electron chi connectivity index (χ2n) is 7.87. The number of hydrogen-bond donors (Lipinski definition) is 1. The fraction of sp³-hybridized carbons (Fsp3) is 0.955. The molecule has 0 aromatic carbocycles. The lowest BCUT2D eigenvalue weighted by Gasteiger charge is -2.19. The van der Waals surface area contributed by atoms with Crippen LogP contribution in [0.2, 0.25) is 0 Å². The summed E-state index contributed by atoms with van der Waals surface area (Å²) in [7, 11) is 0. The van der Waals surface area contributed by atoms with Gasteiger partial charge >= 0.3 is 0 Å². The molecule has 0 spiro atoms. The minimum absolute atomic E-state index is 0.146. The number of hydroxylamine groups is 1. The molecule has 3 heteroatoms. The molecule has 0 aromatic heterocycles. The first kappa shape index (κ1) is 24.4. The summed E-state index contributed by atoms with van der Waals surface area (Å²) in [5, 5.41) is 0. The minimum atomic E-state index is 0.146. The van der Waals surface area contributed by atoms with E-state index < -0.39 is 0 Å². The van der Waals surface area contributed by atoms with Crippen molar-refractivity contribution in [3.63, 3.8) is 0 Å². The Bertz CT molecular complexity index is 269. The molecule has 0 rings (SSSR count). The molecular weight excluding hydrogens is 310 g/mol. The maximum absolute atomic E-state index is 10.3. The van der Waals surface area contributed by atoms with Crippen LogP contribution >= 0.6 is 0 Å². The molecule has 1 N–H and O–H groups in total. The molecule has 0 aliphatic rings. The number of nitrogens with one attached hydrogen (secondary N) is 1. The Morgan fingerprint density at radius 1 is 0.720 bits per heavy atom. The Morgan fingerprint density at radius 3 is 1.48 bits per heavy atom. The molecular formula is C22H45NO2. The van der Waals surface area contributed by atoms with Crippen LogP contribution in [0.5, 0.6) is 0 Å². The molecule has 0 fully saturated rings. The van der Waals surface area contributed by atoms with Gasteiger partial charge in [-0.05, 0) is 12.3 Å². The summed E-state index contributed by atoms with van der Waals surface area (Å²) in [5.74, 6) is 0.444. The van der Waals surface area contributed by atoms with Crippen molar-refractivity contribution in [1.82, 2.24) is 5.48 Å². The second kappa shape index (κ2) is 19.8. The molecule has 0 radical (unpaired) electrons. The highest BCUT2D eigenvalue weighted by Crippen LogP contribution is 2.16. The fourth-order valence-electron chi connectivity index (χ4n) is 3.36. The average Bonchev–Trinajstić information content (AvgIpc) is 2.60. The first-order chi connectivity index (χ1) is 12.2. The quantitative estimate of drug-likeness (QED) is 0.146. The first-order valence-electron chi connectivity index (χ1n) is 11.1. The maximum atomic E-state index is 10.3. The summed E-state index contributed by atoms with van der Waals surface area (Å²) in [5.41, 5.74) is 2.35. The van der Waals surface area contributed by atoms with Gasteiger partial charge in [-0.3, -0.25) is 9.63 Å². The number of carbonyl (C=O) groups excluding carboxylic acids is 1. The van der Waals surface area contributed by atoms with Crippen LogP contribution in [0.1, 0.15) is 124 Å². The second-order valence-corrected chi connectivity index (χ2v) is 7.87. The summed E-state index contributed by atoms with van der Waals surface area (Å²) in [6.45, 7) is 6.56. The van der Waals surface area contributed by atoms with E-state index in [1.54, 1.807) is 0 Å². The normalized spacial score (nSPS) is 12.5. The molecule has 0 aliphatic heterocycles. The van der Waals surface area contributed by atoms with Crippen LogP contribution in [0.15, 0.2) is 0 Å². The van der Waals surface area contributed by atoms with E-state index in [2.05, 4.69) is 26.3 Å². The summed E-state index contributed by atoms with van der Waals surface area (Å²) in [6, 6.07) is 0. The van der Waals surface area contributed by atoms with E-state index in [0.29, 0.717) is 12.3 Å². The maximum Gasteiger partial charge on any atom is 0.230 e. The van der Waals surface area contributed by atoms with Crippen LogP contribution in [0.3, 0.4) is 0 Å². The third-order valence-electron chi connectivity index (χ3n) is 5.10. The van der Waals surface area contributed by atoms with Crippen LogP contribution in [-0.2, 0) is 9.63 Å². The summed E-state index contributed by atoms with van der Waals surface area (Å²) >= 11 is 0. The lowest BCUT2D eigenvalue weighted by molar-refractivity contribution is -0.128. The third-order valence-corrected chi connectivity index (χ3v) is 5.10. The highest BCUT2D eigenvalue weighted by atomic mass is 16.7. The van der Waals surface area contributed by atoms with Gasteiger partial charge in [0.2, 0.25) is 6.41 Å². The van der Waals surface area contributed by atoms with Crippen molar-refractivity contribution in [2.45, 2.75) is 130 Å². The van der Waals surface area contributed by atoms with E-state index in [1.807, 2.05) is 0 Å². The molecule has 25 heavy (non-hydrogen) atoms. The number of carbonyl (C=O) groups is 1. The van der Waals surface area contributed by atoms with E-state index in [0.717, 1.165) is 6.42 Å². The zero-order valence-electron chi connectivity index (χ0n) is 17.4. The lowest BCUT2D eigenvalue weighted by atomic mass is 9.99. The number of unbranched alkanes of at least 4 members (excludes halogenated alkanes) is 14. The number of amides is 1. The molecule has 0 aromatic rings. The van der Waals surface area contributed by atoms with Crippen LogP contribution in [-0.4, -0.2) is 12.5 Å². The zero-order valence-corrected chi connectivity index (χ0v) is 17.4. The fourth-order valence-corrected chi connectivity index (χ4v) is 3.36. The van der Waals surface area contributed by atoms with Crippen LogP contribution in [0.25, 0.3) is 0 Å². The molecule has 1 atom stereocenters. The first-order valence-corrected chi connectivity index (χ1v) is 11.1. The smallest absolute Gasteiger partial charge is 0.230 e. The Labute approximate surface area is 157 Å². The van der Waals surface area contributed by atoms with Crippen LogP contribution in [0.4, 0.5) is 0 Å². The lowest BCUT2D eigenvalue weighted by Crippen LogP contribution is -2.27. The predicted molar refractivity (Wildman–Crippen MR) is 108 cm³/mol. The Balaban J connectivity index is 3.24. The van der Waals surface area contributed by atoms with Crippen molar-refractivity contribution in [3.8, 4) is 0 Å². The van der Waals surface area contributed by atoms with Gasteiger partial charge in [-0.25, -0.2) is 5.48 Å². The largest absolute Gasteiger partial charge is 0.277 e. The predicted octanol–water partition coefficient (Wildman–Crippen LogP) is 6.95. The molecule has 0 heterocycles. The summed E-state index contributed by atoms with van der Waals surface area (Å²) in [4.78, 5) is 15.7. The minimum Gasteiger partial charge on any atom is -0.277 e. The third kappa shape index (κ3) is 18.0. The van der Waals surface area contributed by atoms with Crippen LogP contribution in [0, 0.1) is 5.92 Å². The Morgan fingerprint density at radius 2 is 1.12 bits per heavy atom. The van der Waals surface area contributed by atoms with E-state index in [4.69, 9.17) is 4.84 Å². The van der Waals surface area contributed by atoms with Crippen molar-refractivity contribution >= 4 is 6.41 Å². The van der Waals surface area contributed by atoms with Crippen molar-refractivity contribution in [1.29, 1.82) is 0 Å². The van der Waals surface area contributed by atoms with E-state index in [1.165, 1.54) is 96.3 Å². The number of rotatable bonds is 20. The van der Waals surface area contributed by atoms with Crippen molar-refractivity contribution in [3.05, 3.63) is 0 Å². The van der Waals surface area contributed by atoms with Gasteiger partial charge < -0.3 is 0 Å². The molecule has 1 unspecified atom stereocenters. The van der Waals surface area contributed by atoms with Gasteiger partial charge in [-0.1, -0.05) is 117 Å². The SMILES string of the molecule is CCCCCCCCCCCCCCCCCC(ONC=O)C(C)C. The molecule has 150 valence electrons. The van der Waals surface area contributed by atoms with Gasteiger partial charge in [0, 0.05) is 0 Å². The summed E-state index contributed by atoms with van der Waals surface area (Å²) in [6.07, 6.45) is 22.6. The van der Waals surface area contributed by atoms with Crippen molar-refractivity contribution in [2.75, 3.05) is 0 Å². The molecule has 1 amide bonds. The molecule has 3 nitrogen and oxygen atoms in total. The number of hydrogen-bond acceptors (Lipinski definition) is 2. The standard InChI is InChI=1S/C22H45NO2/c1-4-5-6-7-8-9-10-11-12-13-14-15-16-17-18-19-22(21(2)3)25-23-20-24/h20-22H,4-19H2,1-3H3,(H,23,24). The highest BCUT2D eigenvalue weighted by Gasteiger charge is 2.13. The molecule has 0 saturated heterocycles. The monoisotopic (exact) mass is 355 g/mol. The summed E-state index contributed by atoms with van der Waals surface area (Å²) < 4.78 is 0. The van der Waals surface area contributed by atoms with E-state index >= 15 is 0 Å². The van der Waals surface area contributed by atoms with Crippen molar-refractivity contribution in [2.24, 2.45) is 5.92 Å². The van der Waals surface area contributed by atoms with Crippen molar-refractivity contribution < 1.29 is 9.63 Å². The Kier molecular flexibility index (Phi) is 19.3. The van der Waals surface area contributed by atoms with Gasteiger partial charge in [0.25, 0.3) is 0 Å².